The Labute approximate surface area is 682 Å². The minimum absolute atomic E-state index is 0.544. The van der Waals surface area contributed by atoms with Crippen molar-refractivity contribution >= 4 is 53.3 Å². The van der Waals surface area contributed by atoms with Crippen LogP contribution in [-0.4, -0.2) is 34.5 Å². The lowest BCUT2D eigenvalue weighted by Crippen LogP contribution is -2.02. The van der Waals surface area contributed by atoms with Crippen LogP contribution in [0.15, 0.2) is 413 Å². The maximum Gasteiger partial charge on any atom is 0.164 e. The molecule has 4 aromatic heterocycles. The van der Waals surface area contributed by atoms with Crippen molar-refractivity contribution in [2.75, 3.05) is 0 Å². The number of aromatic nitrogens is 7. The van der Waals surface area contributed by atoms with Crippen molar-refractivity contribution in [3.63, 3.8) is 0 Å². The van der Waals surface area contributed by atoms with Crippen LogP contribution in [0.4, 0.5) is 0 Å². The number of para-hydroxylation sites is 1. The third kappa shape index (κ3) is 13.3. The van der Waals surface area contributed by atoms with E-state index < -0.39 is 0 Å². The van der Waals surface area contributed by atoms with Crippen molar-refractivity contribution in [3.05, 3.63) is 413 Å². The van der Waals surface area contributed by atoms with Crippen LogP contribution in [0.3, 0.4) is 0 Å². The summed E-state index contributed by atoms with van der Waals surface area (Å²) in [5.41, 5.74) is 28.5. The smallest absolute Gasteiger partial charge is 0.164 e. The Balaban J connectivity index is 0.793. The number of thiophene rings is 1. The van der Waals surface area contributed by atoms with Gasteiger partial charge in [-0.1, -0.05) is 328 Å². The summed E-state index contributed by atoms with van der Waals surface area (Å²) in [7, 11) is 2.24. The Morgan fingerprint density at radius 3 is 0.752 bits per heavy atom. The Morgan fingerprint density at radius 2 is 0.427 bits per heavy atom. The Morgan fingerprint density at radius 1 is 0.179 bits per heavy atom. The van der Waals surface area contributed by atoms with Crippen molar-refractivity contribution in [2.24, 2.45) is 7.05 Å². The van der Waals surface area contributed by atoms with Crippen molar-refractivity contribution in [1.82, 2.24) is 34.5 Å². The largest absolute Gasteiger partial charge is 0.343 e. The molecule has 0 aliphatic carbocycles. The highest BCUT2D eigenvalue weighted by molar-refractivity contribution is 7.26. The zero-order valence-corrected chi connectivity index (χ0v) is 64.6. The average Bonchev–Trinajstić information content (AvgIpc) is 1.55. The Bertz CT molecular complexity index is 6820. The van der Waals surface area contributed by atoms with Crippen molar-refractivity contribution < 1.29 is 0 Å². The average molecular weight is 1510 g/mol. The van der Waals surface area contributed by atoms with E-state index in [0.717, 1.165) is 166 Å². The number of fused-ring (bicyclic) bond motifs is 7. The van der Waals surface area contributed by atoms with Crippen LogP contribution in [0.5, 0.6) is 0 Å². The number of rotatable bonds is 16. The Kier molecular flexibility index (Phi) is 17.9. The number of nitrogens with zero attached hydrogens (tertiary/aromatic N) is 7. The van der Waals surface area contributed by atoms with Gasteiger partial charge in [-0.15, -0.1) is 11.3 Å². The van der Waals surface area contributed by atoms with Crippen LogP contribution in [0.2, 0.25) is 0 Å². The summed E-state index contributed by atoms with van der Waals surface area (Å²) in [6.45, 7) is 0. The molecule has 8 heteroatoms. The standard InChI is InChI=1S/C109H71N7S/c1-116-101-93(90-49-26-28-52-94(90)108-112-104(86-61-78(70-33-10-2-11-34-70)57-79(62-86)71-35-12-3-13-36-71)110-105(113-108)87-63-80(72-37-14-4-15-38-72)58-81(64-87)73-39-16-5-17-40-73)54-32-55-96(101)100-102(116)97(69-98-92-51-30-31-56-99(92)117-103(98)100)91-50-27-29-53-95(91)109-114-106(88-65-82(74-41-18-6-19-42-74)59-83(66-88)75-43-20-7-21-44-75)111-107(115-109)89-67-84(76-45-22-8-23-46-76)60-85(68-89)77-47-24-9-25-48-77/h2-69H,1H3. The number of benzene rings is 17. The molecule has 0 amide bonds. The zero-order chi connectivity index (χ0) is 77.7. The lowest BCUT2D eigenvalue weighted by Gasteiger charge is -2.16. The topological polar surface area (TPSA) is 82.3 Å². The van der Waals surface area contributed by atoms with Crippen LogP contribution in [0, 0.1) is 0 Å². The fourth-order valence-electron chi connectivity index (χ4n) is 16.8. The van der Waals surface area contributed by atoms with E-state index in [9.17, 15) is 0 Å². The van der Waals surface area contributed by atoms with Gasteiger partial charge in [0, 0.05) is 82.5 Å². The van der Waals surface area contributed by atoms with Gasteiger partial charge in [-0.05, 0) is 185 Å². The SMILES string of the molecule is Cn1c2c(-c3ccccc3-c3nc(-c4cc(-c5ccccc5)cc(-c5ccccc5)c4)nc(-c4cc(-c5ccccc5)cc(-c5ccccc5)c4)n3)cccc2c2c3sc4ccccc4c3cc(-c3ccccc3-c3nc(-c4cc(-c5ccccc5)cc(-c5ccccc5)c4)nc(-c4cc(-c5ccccc5)cc(-c5ccccc5)c4)n3)c21. The normalized spacial score (nSPS) is 11.5. The van der Waals surface area contributed by atoms with E-state index in [4.69, 9.17) is 29.9 Å². The van der Waals surface area contributed by atoms with E-state index in [0.29, 0.717) is 34.9 Å². The molecule has 4 heterocycles. The summed E-state index contributed by atoms with van der Waals surface area (Å²) < 4.78 is 4.85. The van der Waals surface area contributed by atoms with E-state index in [1.807, 2.05) is 11.3 Å². The second kappa shape index (κ2) is 30.0. The van der Waals surface area contributed by atoms with Gasteiger partial charge in [-0.25, -0.2) is 29.9 Å². The number of hydrogen-bond donors (Lipinski definition) is 0. The molecule has 0 fully saturated rings. The van der Waals surface area contributed by atoms with Crippen molar-refractivity contribution in [1.29, 1.82) is 0 Å². The first kappa shape index (κ1) is 69.7. The molecule has 0 atom stereocenters. The van der Waals surface area contributed by atoms with Crippen LogP contribution in [0.25, 0.3) is 222 Å². The highest BCUT2D eigenvalue weighted by Gasteiger charge is 2.28. The minimum Gasteiger partial charge on any atom is -0.343 e. The number of hydrogen-bond acceptors (Lipinski definition) is 7. The van der Waals surface area contributed by atoms with Gasteiger partial charge >= 0.3 is 0 Å². The zero-order valence-electron chi connectivity index (χ0n) is 63.8. The highest BCUT2D eigenvalue weighted by Crippen LogP contribution is 2.51. The van der Waals surface area contributed by atoms with Gasteiger partial charge in [0.1, 0.15) is 0 Å². The molecular weight excluding hydrogens is 1440 g/mol. The third-order valence-corrected chi connectivity index (χ3v) is 23.6. The Hall–Kier alpha value is -15.2. The summed E-state index contributed by atoms with van der Waals surface area (Å²) in [4.78, 5) is 34.1. The van der Waals surface area contributed by atoms with Crippen LogP contribution in [0.1, 0.15) is 0 Å². The second-order valence-electron chi connectivity index (χ2n) is 29.7. The molecule has 17 aromatic carbocycles. The summed E-state index contributed by atoms with van der Waals surface area (Å²) >= 11 is 1.85. The molecule has 0 unspecified atom stereocenters. The highest BCUT2D eigenvalue weighted by atomic mass is 32.1. The first-order valence-corrected chi connectivity index (χ1v) is 40.3. The van der Waals surface area contributed by atoms with Crippen LogP contribution < -0.4 is 0 Å². The molecule has 0 aliphatic heterocycles. The van der Waals surface area contributed by atoms with Crippen molar-refractivity contribution in [3.8, 4) is 180 Å². The predicted molar refractivity (Wildman–Crippen MR) is 487 cm³/mol. The molecule has 21 aromatic rings. The summed E-state index contributed by atoms with van der Waals surface area (Å²) in [5, 5.41) is 4.65. The van der Waals surface area contributed by atoms with E-state index in [1.165, 1.54) is 20.2 Å². The van der Waals surface area contributed by atoms with Gasteiger partial charge in [0.05, 0.1) is 11.0 Å². The molecule has 21 rings (SSSR count). The van der Waals surface area contributed by atoms with Gasteiger partial charge in [0.25, 0.3) is 0 Å². The molecule has 0 aliphatic rings. The summed E-state index contributed by atoms with van der Waals surface area (Å²) in [5.74, 6) is 3.30. The molecule has 0 bridgehead atoms. The van der Waals surface area contributed by atoms with Crippen LogP contribution >= 0.6 is 11.3 Å². The van der Waals surface area contributed by atoms with E-state index in [1.54, 1.807) is 0 Å². The number of aryl methyl sites for hydroxylation is 1. The van der Waals surface area contributed by atoms with Crippen molar-refractivity contribution in [2.45, 2.75) is 0 Å². The van der Waals surface area contributed by atoms with Crippen LogP contribution in [-0.2, 0) is 7.05 Å². The predicted octanol–water partition coefficient (Wildman–Crippen LogP) is 28.7. The minimum atomic E-state index is 0.544. The molecule has 7 nitrogen and oxygen atoms in total. The van der Waals surface area contributed by atoms with E-state index in [-0.39, 0.29) is 0 Å². The lowest BCUT2D eigenvalue weighted by atomic mass is 9.93. The van der Waals surface area contributed by atoms with Gasteiger partial charge in [0.2, 0.25) is 0 Å². The molecule has 548 valence electrons. The third-order valence-electron chi connectivity index (χ3n) is 22.4. The quantitative estimate of drug-likeness (QED) is 0.0959. The monoisotopic (exact) mass is 1510 g/mol. The molecule has 0 N–H and O–H groups in total. The lowest BCUT2D eigenvalue weighted by molar-refractivity contribution is 1.02. The van der Waals surface area contributed by atoms with Gasteiger partial charge < -0.3 is 4.57 Å². The molecular formula is C109H71N7S. The summed E-state index contributed by atoms with van der Waals surface area (Å²) in [6.07, 6.45) is 0. The molecule has 0 radical (unpaired) electrons. The first-order valence-electron chi connectivity index (χ1n) is 39.5. The fourth-order valence-corrected chi connectivity index (χ4v) is 18.1. The molecule has 0 saturated heterocycles. The molecule has 0 saturated carbocycles. The summed E-state index contributed by atoms with van der Waals surface area (Å²) in [6, 6.07) is 147. The maximum atomic E-state index is 5.74. The van der Waals surface area contributed by atoms with E-state index in [2.05, 4.69) is 424 Å². The van der Waals surface area contributed by atoms with Gasteiger partial charge in [-0.2, -0.15) is 0 Å². The second-order valence-corrected chi connectivity index (χ2v) is 30.8. The first-order chi connectivity index (χ1) is 57.9. The maximum absolute atomic E-state index is 5.74. The molecule has 117 heavy (non-hydrogen) atoms. The molecule has 0 spiro atoms. The fraction of sp³-hybridized carbons (Fsp3) is 0.00917. The van der Waals surface area contributed by atoms with E-state index >= 15 is 0 Å². The van der Waals surface area contributed by atoms with Gasteiger partial charge in [-0.3, -0.25) is 0 Å². The van der Waals surface area contributed by atoms with Gasteiger partial charge in [0.15, 0.2) is 34.9 Å².